The van der Waals surface area contributed by atoms with Gasteiger partial charge in [-0.25, -0.2) is 4.39 Å². The van der Waals surface area contributed by atoms with Gasteiger partial charge in [-0.2, -0.15) is 0 Å². The normalized spacial score (nSPS) is 20.9. The van der Waals surface area contributed by atoms with Crippen molar-refractivity contribution in [3.8, 4) is 0 Å². The number of hydrogen-bond donors (Lipinski definition) is 0. The number of piperazine rings is 1. The van der Waals surface area contributed by atoms with E-state index in [0.29, 0.717) is 6.04 Å². The molecule has 6 heteroatoms. The maximum absolute atomic E-state index is 13.1. The van der Waals surface area contributed by atoms with Crippen LogP contribution in [0.5, 0.6) is 0 Å². The molecule has 2 fully saturated rings. The zero-order valence-corrected chi connectivity index (χ0v) is 16.6. The highest BCUT2D eigenvalue weighted by molar-refractivity contribution is 5.91. The summed E-state index contributed by atoms with van der Waals surface area (Å²) in [5.41, 5.74) is 2.01. The van der Waals surface area contributed by atoms with Crippen LogP contribution in [0, 0.1) is 5.82 Å². The molecule has 2 saturated heterocycles. The van der Waals surface area contributed by atoms with Crippen LogP contribution in [-0.4, -0.2) is 66.0 Å². The van der Waals surface area contributed by atoms with E-state index in [2.05, 4.69) is 14.8 Å². The Morgan fingerprint density at radius 1 is 1.07 bits per heavy atom. The van der Waals surface area contributed by atoms with Crippen molar-refractivity contribution in [1.82, 2.24) is 14.8 Å². The maximum Gasteiger partial charge on any atom is 0.246 e. The third kappa shape index (κ3) is 5.01. The fourth-order valence-electron chi connectivity index (χ4n) is 4.20. The predicted octanol–water partition coefficient (Wildman–Crippen LogP) is 3.05. The minimum Gasteiger partial charge on any atom is -0.369 e. The SMILES string of the molecule is O=C(/C=C/c1cccnc1)N1CCCC(N2CCN(c3ccc(F)cc3)CC2)C1. The van der Waals surface area contributed by atoms with Crippen LogP contribution in [0.2, 0.25) is 0 Å². The number of benzene rings is 1. The minimum absolute atomic E-state index is 0.0727. The summed E-state index contributed by atoms with van der Waals surface area (Å²) >= 11 is 0. The lowest BCUT2D eigenvalue weighted by Gasteiger charge is -2.43. The summed E-state index contributed by atoms with van der Waals surface area (Å²) in [5, 5.41) is 0. The van der Waals surface area contributed by atoms with E-state index < -0.39 is 0 Å². The topological polar surface area (TPSA) is 39.7 Å². The maximum atomic E-state index is 13.1. The molecule has 1 aromatic heterocycles. The van der Waals surface area contributed by atoms with Crippen LogP contribution < -0.4 is 4.90 Å². The fourth-order valence-corrected chi connectivity index (χ4v) is 4.20. The molecule has 2 aliphatic heterocycles. The Bertz CT molecular complexity index is 832. The number of aromatic nitrogens is 1. The number of piperidine rings is 1. The molecule has 5 nitrogen and oxygen atoms in total. The van der Waals surface area contributed by atoms with Crippen molar-refractivity contribution in [2.75, 3.05) is 44.2 Å². The van der Waals surface area contributed by atoms with Gasteiger partial charge in [0.2, 0.25) is 5.91 Å². The Kier molecular flexibility index (Phi) is 6.20. The molecule has 0 spiro atoms. The Morgan fingerprint density at radius 3 is 2.59 bits per heavy atom. The van der Waals surface area contributed by atoms with Crippen LogP contribution >= 0.6 is 0 Å². The van der Waals surface area contributed by atoms with Gasteiger partial charge in [0.05, 0.1) is 0 Å². The second kappa shape index (κ2) is 9.18. The highest BCUT2D eigenvalue weighted by Gasteiger charge is 2.29. The summed E-state index contributed by atoms with van der Waals surface area (Å²) in [5.74, 6) is -0.125. The van der Waals surface area contributed by atoms with Crippen LogP contribution in [0.3, 0.4) is 0 Å². The van der Waals surface area contributed by atoms with Gasteiger partial charge >= 0.3 is 0 Å². The van der Waals surface area contributed by atoms with Gasteiger partial charge in [-0.1, -0.05) is 6.07 Å². The Labute approximate surface area is 171 Å². The second-order valence-corrected chi connectivity index (χ2v) is 7.70. The Morgan fingerprint density at radius 2 is 1.86 bits per heavy atom. The predicted molar refractivity (Wildman–Crippen MR) is 113 cm³/mol. The number of likely N-dealkylation sites (tertiary alicyclic amines) is 1. The molecule has 152 valence electrons. The third-order valence-corrected chi connectivity index (χ3v) is 5.83. The van der Waals surface area contributed by atoms with Crippen LogP contribution in [0.1, 0.15) is 18.4 Å². The van der Waals surface area contributed by atoms with E-state index >= 15 is 0 Å². The van der Waals surface area contributed by atoms with Gasteiger partial charge < -0.3 is 9.80 Å². The fraction of sp³-hybridized carbons (Fsp3) is 0.391. The summed E-state index contributed by atoms with van der Waals surface area (Å²) in [6, 6.07) is 11.0. The van der Waals surface area contributed by atoms with E-state index in [0.717, 1.165) is 63.4 Å². The van der Waals surface area contributed by atoms with Crippen molar-refractivity contribution in [2.24, 2.45) is 0 Å². The summed E-state index contributed by atoms with van der Waals surface area (Å²) in [6.07, 6.45) is 9.14. The molecule has 3 heterocycles. The van der Waals surface area contributed by atoms with Crippen molar-refractivity contribution >= 4 is 17.7 Å². The molecule has 2 aromatic rings. The van der Waals surface area contributed by atoms with Gasteiger partial charge in [-0.15, -0.1) is 0 Å². The first-order valence-electron chi connectivity index (χ1n) is 10.3. The molecule has 0 aliphatic carbocycles. The molecule has 1 unspecified atom stereocenters. The Hall–Kier alpha value is -2.73. The van der Waals surface area contributed by atoms with Crippen LogP contribution in [0.25, 0.3) is 6.08 Å². The number of carbonyl (C=O) groups is 1. The van der Waals surface area contributed by atoms with E-state index in [4.69, 9.17) is 0 Å². The van der Waals surface area contributed by atoms with Gasteiger partial charge in [-0.3, -0.25) is 14.7 Å². The zero-order valence-electron chi connectivity index (χ0n) is 16.6. The molecule has 4 rings (SSSR count). The van der Waals surface area contributed by atoms with Crippen molar-refractivity contribution in [1.29, 1.82) is 0 Å². The average molecular weight is 394 g/mol. The number of hydrogen-bond acceptors (Lipinski definition) is 4. The highest BCUT2D eigenvalue weighted by Crippen LogP contribution is 2.21. The number of carbonyl (C=O) groups excluding carboxylic acids is 1. The first kappa shape index (κ1) is 19.6. The molecular weight excluding hydrogens is 367 g/mol. The monoisotopic (exact) mass is 394 g/mol. The number of amides is 1. The molecule has 0 saturated carbocycles. The molecule has 0 bridgehead atoms. The third-order valence-electron chi connectivity index (χ3n) is 5.83. The van der Waals surface area contributed by atoms with Crippen molar-refractivity contribution < 1.29 is 9.18 Å². The summed E-state index contributed by atoms with van der Waals surface area (Å²) < 4.78 is 13.1. The standard InChI is InChI=1S/C23H27FN4O/c24-20-6-8-21(9-7-20)26-13-15-27(16-14-26)22-4-2-12-28(18-22)23(29)10-5-19-3-1-11-25-17-19/h1,3,5-11,17,22H,2,4,12-16,18H2/b10-5+. The van der Waals surface area contributed by atoms with Crippen LogP contribution in [0.15, 0.2) is 54.9 Å². The minimum atomic E-state index is -0.197. The lowest BCUT2D eigenvalue weighted by molar-refractivity contribution is -0.128. The summed E-state index contributed by atoms with van der Waals surface area (Å²) in [6.45, 7) is 5.40. The van der Waals surface area contributed by atoms with E-state index in [9.17, 15) is 9.18 Å². The number of rotatable bonds is 4. The van der Waals surface area contributed by atoms with Gasteiger partial charge in [0.15, 0.2) is 0 Å². The highest BCUT2D eigenvalue weighted by atomic mass is 19.1. The molecular formula is C23H27FN4O. The van der Waals surface area contributed by atoms with Crippen molar-refractivity contribution in [3.05, 3.63) is 66.2 Å². The second-order valence-electron chi connectivity index (χ2n) is 7.70. The van der Waals surface area contributed by atoms with Gasteiger partial charge in [0.25, 0.3) is 0 Å². The first-order chi connectivity index (χ1) is 14.2. The number of nitrogens with zero attached hydrogens (tertiary/aromatic N) is 4. The number of pyridine rings is 1. The van der Waals surface area contributed by atoms with E-state index in [1.165, 1.54) is 12.1 Å². The lowest BCUT2D eigenvalue weighted by atomic mass is 10.0. The number of anilines is 1. The average Bonchev–Trinajstić information content (AvgIpc) is 2.79. The molecule has 1 aromatic carbocycles. The van der Waals surface area contributed by atoms with Crippen LogP contribution in [-0.2, 0) is 4.79 Å². The smallest absolute Gasteiger partial charge is 0.246 e. The molecule has 1 amide bonds. The van der Waals surface area contributed by atoms with Gasteiger partial charge in [0, 0.05) is 69.5 Å². The molecule has 1 atom stereocenters. The molecule has 0 radical (unpaired) electrons. The molecule has 29 heavy (non-hydrogen) atoms. The quantitative estimate of drug-likeness (QED) is 0.748. The first-order valence-corrected chi connectivity index (χ1v) is 10.3. The van der Waals surface area contributed by atoms with Crippen LogP contribution in [0.4, 0.5) is 10.1 Å². The van der Waals surface area contributed by atoms with Crippen molar-refractivity contribution in [3.63, 3.8) is 0 Å². The lowest BCUT2D eigenvalue weighted by Crippen LogP contribution is -2.55. The van der Waals surface area contributed by atoms with E-state index in [1.54, 1.807) is 18.5 Å². The molecule has 0 N–H and O–H groups in total. The van der Waals surface area contributed by atoms with Gasteiger partial charge in [-0.05, 0) is 54.8 Å². The summed E-state index contributed by atoms with van der Waals surface area (Å²) in [4.78, 5) is 23.5. The van der Waals surface area contributed by atoms with Crippen molar-refractivity contribution in [2.45, 2.75) is 18.9 Å². The largest absolute Gasteiger partial charge is 0.369 e. The summed E-state index contributed by atoms with van der Waals surface area (Å²) in [7, 11) is 0. The van der Waals surface area contributed by atoms with Gasteiger partial charge in [0.1, 0.15) is 5.82 Å². The van der Waals surface area contributed by atoms with E-state index in [-0.39, 0.29) is 11.7 Å². The van der Waals surface area contributed by atoms with E-state index in [1.807, 2.05) is 35.2 Å². The number of halogens is 1. The Balaban J connectivity index is 1.30. The zero-order chi connectivity index (χ0) is 20.1. The molecule has 2 aliphatic rings.